The molecule has 0 saturated heterocycles. The minimum absolute atomic E-state index is 0.383. The monoisotopic (exact) mass is 196 g/mol. The summed E-state index contributed by atoms with van der Waals surface area (Å²) in [6.45, 7) is 0.630. The molecule has 68 valence electrons. The molecule has 0 atom stereocenters. The van der Waals surface area contributed by atoms with Crippen LogP contribution in [0.3, 0.4) is 0 Å². The summed E-state index contributed by atoms with van der Waals surface area (Å²) in [5.74, 6) is 0. The van der Waals surface area contributed by atoms with Crippen LogP contribution in [0.15, 0.2) is 18.3 Å². The Hall–Kier alpha value is -1.13. The molecule has 0 aliphatic heterocycles. The summed E-state index contributed by atoms with van der Waals surface area (Å²) in [5.41, 5.74) is 7.34. The zero-order valence-electron chi connectivity index (χ0n) is 6.94. The van der Waals surface area contributed by atoms with Crippen molar-refractivity contribution in [2.24, 2.45) is 5.73 Å². The molecule has 2 rings (SSSR count). The molecule has 0 aliphatic carbocycles. The Kier molecular flexibility index (Phi) is 2.16. The quantitative estimate of drug-likeness (QED) is 0.776. The topological polar surface area (TPSA) is 56.2 Å². The summed E-state index contributed by atoms with van der Waals surface area (Å²) in [7, 11) is 0. The third-order valence-electron chi connectivity index (χ3n) is 1.85. The lowest BCUT2D eigenvalue weighted by Gasteiger charge is -1.99. The fourth-order valence-electron chi connectivity index (χ4n) is 1.22. The molecule has 0 aliphatic rings. The minimum atomic E-state index is 0.383. The van der Waals surface area contributed by atoms with Crippen LogP contribution in [-0.4, -0.2) is 21.1 Å². The maximum atomic E-state index is 5.80. The number of nitrogens with two attached hydrogens (primary N) is 1. The first-order chi connectivity index (χ1) is 6.31. The summed E-state index contributed by atoms with van der Waals surface area (Å²) in [6, 6.07) is 3.86. The molecule has 0 aromatic carbocycles. The van der Waals surface area contributed by atoms with Crippen molar-refractivity contribution in [2.75, 3.05) is 6.54 Å². The van der Waals surface area contributed by atoms with Crippen LogP contribution >= 0.6 is 11.6 Å². The van der Waals surface area contributed by atoms with Crippen LogP contribution in [0, 0.1) is 0 Å². The van der Waals surface area contributed by atoms with Crippen molar-refractivity contribution in [3.8, 4) is 0 Å². The largest absolute Gasteiger partial charge is 0.330 e. The number of fused-ring (bicyclic) bond motifs is 1. The highest BCUT2D eigenvalue weighted by Crippen LogP contribution is 2.10. The van der Waals surface area contributed by atoms with E-state index in [1.54, 1.807) is 4.40 Å². The number of pyridine rings is 1. The van der Waals surface area contributed by atoms with Gasteiger partial charge in [-0.05, 0) is 36.2 Å². The molecule has 2 heterocycles. The molecule has 0 unspecified atom stereocenters. The summed E-state index contributed by atoms with van der Waals surface area (Å²) in [4.78, 5) is 0. The van der Waals surface area contributed by atoms with Crippen molar-refractivity contribution in [1.82, 2.24) is 14.6 Å². The van der Waals surface area contributed by atoms with Gasteiger partial charge in [0, 0.05) is 6.20 Å². The number of hydrogen-bond acceptors (Lipinski definition) is 3. The molecule has 2 aromatic rings. The lowest BCUT2D eigenvalue weighted by molar-refractivity contribution is 0.951. The van der Waals surface area contributed by atoms with Crippen LogP contribution < -0.4 is 5.73 Å². The summed E-state index contributed by atoms with van der Waals surface area (Å²) in [5, 5.41) is 8.00. The SMILES string of the molecule is NCCc1ccc2nnc(Cl)n2c1. The number of nitrogens with zero attached hydrogens (tertiary/aromatic N) is 3. The van der Waals surface area contributed by atoms with E-state index in [-0.39, 0.29) is 0 Å². The molecule has 4 nitrogen and oxygen atoms in total. The second-order valence-corrected chi connectivity index (χ2v) is 3.11. The number of hydrogen-bond donors (Lipinski definition) is 1. The number of rotatable bonds is 2. The third kappa shape index (κ3) is 1.50. The summed E-state index contributed by atoms with van der Waals surface area (Å²) in [6.07, 6.45) is 2.75. The Labute approximate surface area is 80.3 Å². The standard InChI is InChI=1S/C8H9ClN4/c9-8-12-11-7-2-1-6(3-4-10)5-13(7)8/h1-2,5H,3-4,10H2. The first-order valence-corrected chi connectivity index (χ1v) is 4.38. The Morgan fingerprint density at radius 2 is 2.23 bits per heavy atom. The number of aromatic nitrogens is 3. The highest BCUT2D eigenvalue weighted by atomic mass is 35.5. The smallest absolute Gasteiger partial charge is 0.229 e. The van der Waals surface area contributed by atoms with Gasteiger partial charge in [-0.1, -0.05) is 6.07 Å². The zero-order valence-corrected chi connectivity index (χ0v) is 7.70. The van der Waals surface area contributed by atoms with Gasteiger partial charge in [0.2, 0.25) is 5.28 Å². The van der Waals surface area contributed by atoms with E-state index in [4.69, 9.17) is 17.3 Å². The van der Waals surface area contributed by atoms with Gasteiger partial charge in [-0.25, -0.2) is 0 Å². The fourth-order valence-corrected chi connectivity index (χ4v) is 1.39. The van der Waals surface area contributed by atoms with E-state index in [1.165, 1.54) is 0 Å². The Balaban J connectivity index is 2.53. The predicted octanol–water partition coefficient (Wildman–Crippen LogP) is 0.884. The average Bonchev–Trinajstić information content (AvgIpc) is 2.49. The Morgan fingerprint density at radius 1 is 1.38 bits per heavy atom. The maximum Gasteiger partial charge on any atom is 0.229 e. The first-order valence-electron chi connectivity index (χ1n) is 4.00. The van der Waals surface area contributed by atoms with Crippen LogP contribution in [0.5, 0.6) is 0 Å². The third-order valence-corrected chi connectivity index (χ3v) is 2.11. The van der Waals surface area contributed by atoms with E-state index in [0.29, 0.717) is 11.8 Å². The van der Waals surface area contributed by atoms with Crippen molar-refractivity contribution >= 4 is 17.2 Å². The van der Waals surface area contributed by atoms with E-state index in [2.05, 4.69) is 10.2 Å². The van der Waals surface area contributed by atoms with E-state index >= 15 is 0 Å². The van der Waals surface area contributed by atoms with Crippen molar-refractivity contribution in [3.05, 3.63) is 29.2 Å². The van der Waals surface area contributed by atoms with Gasteiger partial charge >= 0.3 is 0 Å². The van der Waals surface area contributed by atoms with Gasteiger partial charge in [0.05, 0.1) is 0 Å². The molecule has 0 radical (unpaired) electrons. The van der Waals surface area contributed by atoms with Crippen molar-refractivity contribution in [2.45, 2.75) is 6.42 Å². The summed E-state index contributed by atoms with van der Waals surface area (Å²) < 4.78 is 1.74. The van der Waals surface area contributed by atoms with Crippen molar-refractivity contribution < 1.29 is 0 Å². The lowest BCUT2D eigenvalue weighted by atomic mass is 10.2. The van der Waals surface area contributed by atoms with Gasteiger partial charge in [0.1, 0.15) is 0 Å². The van der Waals surface area contributed by atoms with Crippen LogP contribution in [0.25, 0.3) is 5.65 Å². The second kappa shape index (κ2) is 3.32. The average molecular weight is 197 g/mol. The molecule has 13 heavy (non-hydrogen) atoms. The molecule has 0 amide bonds. The molecule has 0 saturated carbocycles. The number of halogens is 1. The van der Waals surface area contributed by atoms with E-state index in [1.807, 2.05) is 18.3 Å². The Bertz CT molecular complexity index is 423. The van der Waals surface area contributed by atoms with Gasteiger partial charge < -0.3 is 5.73 Å². The van der Waals surface area contributed by atoms with E-state index < -0.39 is 0 Å². The summed E-state index contributed by atoms with van der Waals surface area (Å²) >= 11 is 5.80. The highest BCUT2D eigenvalue weighted by Gasteiger charge is 2.01. The van der Waals surface area contributed by atoms with E-state index in [9.17, 15) is 0 Å². The molecule has 2 aromatic heterocycles. The van der Waals surface area contributed by atoms with Crippen LogP contribution in [0.4, 0.5) is 0 Å². The van der Waals surface area contributed by atoms with Gasteiger partial charge in [-0.3, -0.25) is 4.40 Å². The van der Waals surface area contributed by atoms with Gasteiger partial charge in [-0.15, -0.1) is 10.2 Å². The molecule has 0 bridgehead atoms. The second-order valence-electron chi connectivity index (χ2n) is 2.77. The van der Waals surface area contributed by atoms with Crippen LogP contribution in [0.2, 0.25) is 5.28 Å². The highest BCUT2D eigenvalue weighted by molar-refractivity contribution is 6.28. The molecule has 0 fully saturated rings. The molecular weight excluding hydrogens is 188 g/mol. The first kappa shape index (κ1) is 8.47. The van der Waals surface area contributed by atoms with Crippen LogP contribution in [-0.2, 0) is 6.42 Å². The van der Waals surface area contributed by atoms with Crippen molar-refractivity contribution in [1.29, 1.82) is 0 Å². The molecular formula is C8H9ClN4. The van der Waals surface area contributed by atoms with Gasteiger partial charge in [0.25, 0.3) is 0 Å². The molecule has 0 spiro atoms. The van der Waals surface area contributed by atoms with Crippen LogP contribution in [0.1, 0.15) is 5.56 Å². The fraction of sp³-hybridized carbons (Fsp3) is 0.250. The van der Waals surface area contributed by atoms with Gasteiger partial charge in [0.15, 0.2) is 5.65 Å². The molecule has 2 N–H and O–H groups in total. The maximum absolute atomic E-state index is 5.80. The lowest BCUT2D eigenvalue weighted by Crippen LogP contribution is -2.03. The minimum Gasteiger partial charge on any atom is -0.330 e. The molecule has 5 heteroatoms. The van der Waals surface area contributed by atoms with Gasteiger partial charge in [-0.2, -0.15) is 0 Å². The van der Waals surface area contributed by atoms with Crippen molar-refractivity contribution in [3.63, 3.8) is 0 Å². The zero-order chi connectivity index (χ0) is 9.26. The normalized spacial score (nSPS) is 10.9. The predicted molar refractivity (Wildman–Crippen MR) is 50.8 cm³/mol. The van der Waals surface area contributed by atoms with E-state index in [0.717, 1.165) is 17.6 Å². The Morgan fingerprint density at radius 3 is 3.00 bits per heavy atom.